The van der Waals surface area contributed by atoms with E-state index in [-0.39, 0.29) is 49.2 Å². The Morgan fingerprint density at radius 1 is 1.16 bits per heavy atom. The normalized spacial score (nSPS) is 22.5. The van der Waals surface area contributed by atoms with Crippen LogP contribution in [-0.2, 0) is 26.5 Å². The van der Waals surface area contributed by atoms with E-state index >= 15 is 0 Å². The van der Waals surface area contributed by atoms with E-state index in [2.05, 4.69) is 6.58 Å². The Hall–Kier alpha value is -4.03. The highest BCUT2D eigenvalue weighted by Crippen LogP contribution is 2.59. The van der Waals surface area contributed by atoms with E-state index in [1.54, 1.807) is 65.5 Å². The molecule has 0 unspecified atom stereocenters. The molecule has 2 amide bonds. The van der Waals surface area contributed by atoms with E-state index in [1.807, 2.05) is 37.3 Å². The maximum Gasteiger partial charge on any atom is 0.297 e. The minimum atomic E-state index is -3.04. The highest BCUT2D eigenvalue weighted by molar-refractivity contribution is 6.71. The molecule has 0 aliphatic carbocycles. The number of methoxy groups -OCH3 is 1. The van der Waals surface area contributed by atoms with Crippen LogP contribution >= 0.6 is 0 Å². The van der Waals surface area contributed by atoms with Crippen molar-refractivity contribution >= 4 is 25.8 Å². The fourth-order valence-electron chi connectivity index (χ4n) is 7.08. The smallest absolute Gasteiger partial charge is 0.297 e. The van der Waals surface area contributed by atoms with Crippen molar-refractivity contribution in [2.45, 2.75) is 50.2 Å². The summed E-state index contributed by atoms with van der Waals surface area (Å²) in [4.78, 5) is 56.2. The number of nitrogens with zero attached hydrogens (tertiary/aromatic N) is 3. The van der Waals surface area contributed by atoms with Crippen LogP contribution in [0.25, 0.3) is 5.69 Å². The molecule has 0 saturated carbocycles. The fraction of sp³-hybridized carbons (Fsp3) is 0.382. The van der Waals surface area contributed by atoms with E-state index in [0.29, 0.717) is 23.5 Å². The molecule has 2 N–H and O–H groups in total. The minimum Gasteiger partial charge on any atom is -0.491 e. The van der Waals surface area contributed by atoms with Gasteiger partial charge in [0.1, 0.15) is 0 Å². The number of aliphatic hydroxyl groups is 1. The summed E-state index contributed by atoms with van der Waals surface area (Å²) in [6.45, 7) is 9.83. The second kappa shape index (κ2) is 12.8. The first-order chi connectivity index (χ1) is 21.5. The number of aliphatic hydroxyl groups excluding tert-OH is 1. The second-order valence-corrected chi connectivity index (χ2v) is 16.2. The van der Waals surface area contributed by atoms with Crippen LogP contribution in [0.4, 0.5) is 5.69 Å². The van der Waals surface area contributed by atoms with Gasteiger partial charge in [-0.1, -0.05) is 43.3 Å². The standard InChI is InChI=1S/C34H41N3O7Si/c1-6-16-37-27-15-14-25(36-17-10-13-28(43-3)32(36)40)20-26(27)34(33(37)41)23(2)31(45(4,5)42)29(44-34)21-30(39)35(18-19-38)22-24-11-8-7-9-12-24/h6-15,17,20,23,29,31,38,42H,1,16,18-19,21-22H2,2-5H3/t23-,29+,31-,34+/m1/s1. The third-order valence-corrected chi connectivity index (χ3v) is 11.5. The zero-order chi connectivity index (χ0) is 32.5. The summed E-state index contributed by atoms with van der Waals surface area (Å²) in [6, 6.07) is 18.2. The van der Waals surface area contributed by atoms with Crippen LogP contribution < -0.4 is 15.2 Å². The number of rotatable bonds is 11. The molecule has 10 nitrogen and oxygen atoms in total. The first kappa shape index (κ1) is 32.4. The van der Waals surface area contributed by atoms with Gasteiger partial charge >= 0.3 is 0 Å². The van der Waals surface area contributed by atoms with Gasteiger partial charge in [0.15, 0.2) is 19.7 Å². The average Bonchev–Trinajstić information content (AvgIpc) is 3.43. The van der Waals surface area contributed by atoms with Crippen molar-refractivity contribution in [3.63, 3.8) is 0 Å². The third-order valence-electron chi connectivity index (χ3n) is 9.00. The van der Waals surface area contributed by atoms with E-state index in [4.69, 9.17) is 9.47 Å². The molecule has 2 aliphatic heterocycles. The SMILES string of the molecule is C=CCN1C(=O)[C@@]2(O[C@@H](CC(=O)N(CCO)Cc3ccccc3)[C@H]([Si](C)(C)O)[C@H]2C)c2cc(-n3cccc(OC)c3=O)ccc21. The largest absolute Gasteiger partial charge is 0.491 e. The predicted molar refractivity (Wildman–Crippen MR) is 174 cm³/mol. The number of ether oxygens (including phenoxy) is 2. The van der Waals surface area contributed by atoms with Crippen molar-refractivity contribution in [3.05, 3.63) is 101 Å². The van der Waals surface area contributed by atoms with Crippen LogP contribution in [0, 0.1) is 5.92 Å². The topological polar surface area (TPSA) is 122 Å². The Balaban J connectivity index is 1.58. The summed E-state index contributed by atoms with van der Waals surface area (Å²) in [5.74, 6) is -0.858. The van der Waals surface area contributed by atoms with Crippen LogP contribution in [0.3, 0.4) is 0 Å². The predicted octanol–water partition coefficient (Wildman–Crippen LogP) is 3.59. The highest BCUT2D eigenvalue weighted by Gasteiger charge is 2.66. The lowest BCUT2D eigenvalue weighted by molar-refractivity contribution is -0.149. The van der Waals surface area contributed by atoms with Gasteiger partial charge in [0.2, 0.25) is 5.91 Å². The van der Waals surface area contributed by atoms with Gasteiger partial charge in [-0.05, 0) is 49.0 Å². The lowest BCUT2D eigenvalue weighted by Crippen LogP contribution is -2.46. The summed E-state index contributed by atoms with van der Waals surface area (Å²) in [5.41, 5.74) is 0.317. The van der Waals surface area contributed by atoms with Crippen molar-refractivity contribution < 1.29 is 29.0 Å². The molecule has 5 rings (SSSR count). The van der Waals surface area contributed by atoms with Crippen molar-refractivity contribution in [3.8, 4) is 11.4 Å². The fourth-order valence-corrected chi connectivity index (χ4v) is 9.63. The van der Waals surface area contributed by atoms with Gasteiger partial charge in [0.25, 0.3) is 11.5 Å². The second-order valence-electron chi connectivity index (χ2n) is 12.2. The maximum absolute atomic E-state index is 14.5. The molecular formula is C34H41N3O7Si. The summed E-state index contributed by atoms with van der Waals surface area (Å²) in [6.07, 6.45) is 2.44. The monoisotopic (exact) mass is 631 g/mol. The Morgan fingerprint density at radius 3 is 2.53 bits per heavy atom. The van der Waals surface area contributed by atoms with Crippen LogP contribution in [0.2, 0.25) is 18.6 Å². The molecule has 1 fully saturated rings. The number of amides is 2. The molecule has 2 aliphatic rings. The van der Waals surface area contributed by atoms with Gasteiger partial charge in [-0.2, -0.15) is 0 Å². The van der Waals surface area contributed by atoms with Crippen LogP contribution in [-0.4, -0.2) is 72.4 Å². The van der Waals surface area contributed by atoms with Crippen molar-refractivity contribution in [1.82, 2.24) is 9.47 Å². The van der Waals surface area contributed by atoms with E-state index in [1.165, 1.54) is 11.7 Å². The number of benzene rings is 2. The van der Waals surface area contributed by atoms with E-state index in [0.717, 1.165) is 5.56 Å². The molecule has 1 aromatic heterocycles. The number of pyridine rings is 1. The number of anilines is 1. The number of fused-ring (bicyclic) bond motifs is 2. The molecule has 1 spiro atoms. The number of aromatic nitrogens is 1. The summed E-state index contributed by atoms with van der Waals surface area (Å²) >= 11 is 0. The van der Waals surface area contributed by atoms with Gasteiger partial charge in [0.05, 0.1) is 31.9 Å². The molecular weight excluding hydrogens is 590 g/mol. The van der Waals surface area contributed by atoms with Gasteiger partial charge in [-0.25, -0.2) is 0 Å². The number of carbonyl (C=O) groups excluding carboxylic acids is 2. The molecule has 238 valence electrons. The van der Waals surface area contributed by atoms with E-state index < -0.39 is 31.5 Å². The molecule has 0 bridgehead atoms. The van der Waals surface area contributed by atoms with Crippen LogP contribution in [0.1, 0.15) is 24.5 Å². The number of hydrogen-bond acceptors (Lipinski definition) is 7. The van der Waals surface area contributed by atoms with Gasteiger partial charge in [0, 0.05) is 48.5 Å². The van der Waals surface area contributed by atoms with Gasteiger partial charge < -0.3 is 29.2 Å². The average molecular weight is 632 g/mol. The first-order valence-electron chi connectivity index (χ1n) is 15.1. The molecule has 3 heterocycles. The third kappa shape index (κ3) is 5.76. The molecule has 2 aromatic carbocycles. The Morgan fingerprint density at radius 2 is 1.89 bits per heavy atom. The summed E-state index contributed by atoms with van der Waals surface area (Å²) in [5, 5.41) is 9.76. The number of carbonyl (C=O) groups is 2. The van der Waals surface area contributed by atoms with Crippen molar-refractivity contribution in [2.24, 2.45) is 5.92 Å². The zero-order valence-corrected chi connectivity index (χ0v) is 27.2. The zero-order valence-electron chi connectivity index (χ0n) is 26.2. The maximum atomic E-state index is 14.5. The molecule has 45 heavy (non-hydrogen) atoms. The lowest BCUT2D eigenvalue weighted by Gasteiger charge is -2.32. The summed E-state index contributed by atoms with van der Waals surface area (Å²) in [7, 11) is -1.60. The number of hydrogen-bond donors (Lipinski definition) is 2. The molecule has 11 heteroatoms. The van der Waals surface area contributed by atoms with Crippen LogP contribution in [0.15, 0.2) is 84.3 Å². The van der Waals surface area contributed by atoms with E-state index in [9.17, 15) is 24.3 Å². The van der Waals surface area contributed by atoms with Gasteiger partial charge in [-0.3, -0.25) is 19.0 Å². The van der Waals surface area contributed by atoms with Crippen molar-refractivity contribution in [2.75, 3.05) is 31.7 Å². The lowest BCUT2D eigenvalue weighted by atomic mass is 9.82. The van der Waals surface area contributed by atoms with Crippen LogP contribution in [0.5, 0.6) is 5.75 Å². The Labute approximate surface area is 264 Å². The summed E-state index contributed by atoms with van der Waals surface area (Å²) < 4.78 is 13.5. The van der Waals surface area contributed by atoms with Gasteiger partial charge in [-0.15, -0.1) is 6.58 Å². The highest BCUT2D eigenvalue weighted by atomic mass is 28.4. The van der Waals surface area contributed by atoms with Crippen molar-refractivity contribution in [1.29, 1.82) is 0 Å². The Bertz CT molecular complexity index is 1640. The molecule has 3 aromatic rings. The molecule has 0 radical (unpaired) electrons. The Kier molecular flexibility index (Phi) is 9.18. The molecule has 1 saturated heterocycles. The molecule has 4 atom stereocenters. The quantitative estimate of drug-likeness (QED) is 0.245. The minimum absolute atomic E-state index is 0.0698. The first-order valence-corrected chi connectivity index (χ1v) is 18.2.